The third-order valence-corrected chi connectivity index (χ3v) is 2.74. The highest BCUT2D eigenvalue weighted by Crippen LogP contribution is 2.20. The lowest BCUT2D eigenvalue weighted by molar-refractivity contribution is -0.140. The summed E-state index contributed by atoms with van der Waals surface area (Å²) >= 11 is 5.85. The van der Waals surface area contributed by atoms with Crippen molar-refractivity contribution in [2.75, 3.05) is 13.1 Å². The fourth-order valence-corrected chi connectivity index (χ4v) is 1.94. The second kappa shape index (κ2) is 6.42. The van der Waals surface area contributed by atoms with E-state index in [4.69, 9.17) is 21.8 Å². The molecule has 2 N–H and O–H groups in total. The molecule has 8 heteroatoms. The van der Waals surface area contributed by atoms with Gasteiger partial charge in [0.1, 0.15) is 18.8 Å². The molecule has 0 unspecified atom stereocenters. The summed E-state index contributed by atoms with van der Waals surface area (Å²) in [5.74, 6) is -3.25. The van der Waals surface area contributed by atoms with Crippen molar-refractivity contribution in [3.8, 4) is 0 Å². The zero-order valence-electron chi connectivity index (χ0n) is 11.0. The van der Waals surface area contributed by atoms with Crippen molar-refractivity contribution in [2.24, 2.45) is 0 Å². The Hall–Kier alpha value is -2.02. The molecular weight excluding hydrogens is 288 g/mol. The summed E-state index contributed by atoms with van der Waals surface area (Å²) in [5, 5.41) is 17.8. The Balaban J connectivity index is 3.11. The fraction of sp³-hybridized carbons (Fsp3) is 0.417. The van der Waals surface area contributed by atoms with Gasteiger partial charge in [-0.05, 0) is 19.9 Å². The van der Waals surface area contributed by atoms with Crippen molar-refractivity contribution in [1.29, 1.82) is 0 Å². The highest BCUT2D eigenvalue weighted by atomic mass is 35.5. The molecular formula is C12H15ClN2O5. The maximum Gasteiger partial charge on any atom is 0.323 e. The monoisotopic (exact) mass is 302 g/mol. The van der Waals surface area contributed by atoms with Gasteiger partial charge in [0, 0.05) is 12.2 Å². The van der Waals surface area contributed by atoms with Crippen molar-refractivity contribution in [3.63, 3.8) is 0 Å². The number of halogens is 1. The normalized spacial score (nSPS) is 10.6. The Bertz CT molecular complexity index is 522. The molecule has 1 rings (SSSR count). The van der Waals surface area contributed by atoms with Crippen LogP contribution in [0, 0.1) is 0 Å². The van der Waals surface area contributed by atoms with Crippen molar-refractivity contribution in [1.82, 2.24) is 9.47 Å². The molecule has 1 amide bonds. The summed E-state index contributed by atoms with van der Waals surface area (Å²) < 4.78 is 1.57. The molecule has 0 aliphatic carbocycles. The number of aromatic nitrogens is 1. The summed E-state index contributed by atoms with van der Waals surface area (Å²) in [4.78, 5) is 34.5. The van der Waals surface area contributed by atoms with Gasteiger partial charge in [-0.25, -0.2) is 0 Å². The quantitative estimate of drug-likeness (QED) is 0.826. The predicted octanol–water partition coefficient (Wildman–Crippen LogP) is 1.33. The number of rotatable bonds is 6. The van der Waals surface area contributed by atoms with Crippen LogP contribution >= 0.6 is 11.6 Å². The van der Waals surface area contributed by atoms with E-state index >= 15 is 0 Å². The van der Waals surface area contributed by atoms with Crippen molar-refractivity contribution in [3.05, 3.63) is 23.0 Å². The maximum absolute atomic E-state index is 12.3. The van der Waals surface area contributed by atoms with E-state index in [0.29, 0.717) is 5.02 Å². The van der Waals surface area contributed by atoms with E-state index in [1.54, 1.807) is 10.8 Å². The van der Waals surface area contributed by atoms with Crippen LogP contribution in [0.3, 0.4) is 0 Å². The molecule has 0 radical (unpaired) electrons. The van der Waals surface area contributed by atoms with E-state index in [-0.39, 0.29) is 11.7 Å². The number of amides is 1. The molecule has 1 aromatic rings. The molecule has 110 valence electrons. The highest BCUT2D eigenvalue weighted by molar-refractivity contribution is 6.31. The molecule has 7 nitrogen and oxygen atoms in total. The zero-order chi connectivity index (χ0) is 15.4. The summed E-state index contributed by atoms with van der Waals surface area (Å²) in [6.07, 6.45) is 1.54. The first-order valence-electron chi connectivity index (χ1n) is 5.82. The van der Waals surface area contributed by atoms with Crippen LogP contribution in [0.4, 0.5) is 0 Å². The topological polar surface area (TPSA) is 99.8 Å². The average molecular weight is 303 g/mol. The summed E-state index contributed by atoms with van der Waals surface area (Å²) in [7, 11) is 0. The number of hydrogen-bond donors (Lipinski definition) is 2. The molecule has 0 aliphatic heterocycles. The van der Waals surface area contributed by atoms with Gasteiger partial charge in [0.05, 0.1) is 5.02 Å². The third kappa shape index (κ3) is 3.99. The standard InChI is InChI=1S/C12H15ClN2O5/c1-7(2)15-4-8(13)3-9(15)12(20)14(5-10(16)17)6-11(18)19/h3-4,7H,5-6H2,1-2H3,(H,16,17)(H,18,19). The molecule has 1 aromatic heterocycles. The van der Waals surface area contributed by atoms with E-state index in [1.165, 1.54) is 6.07 Å². The Morgan fingerprint density at radius 3 is 2.15 bits per heavy atom. The minimum Gasteiger partial charge on any atom is -0.480 e. The lowest BCUT2D eigenvalue weighted by atomic mass is 10.3. The molecule has 0 saturated heterocycles. The average Bonchev–Trinajstić information content (AvgIpc) is 2.68. The lowest BCUT2D eigenvalue weighted by Gasteiger charge is -2.20. The third-order valence-electron chi connectivity index (χ3n) is 2.53. The second-order valence-electron chi connectivity index (χ2n) is 4.49. The van der Waals surface area contributed by atoms with Crippen molar-refractivity contribution >= 4 is 29.4 Å². The Kier molecular flexibility index (Phi) is 5.15. The van der Waals surface area contributed by atoms with Crippen LogP contribution in [0.5, 0.6) is 0 Å². The van der Waals surface area contributed by atoms with E-state index in [0.717, 1.165) is 4.90 Å². The van der Waals surface area contributed by atoms with E-state index in [9.17, 15) is 14.4 Å². The first kappa shape index (κ1) is 16.0. The lowest BCUT2D eigenvalue weighted by Crippen LogP contribution is -2.40. The van der Waals surface area contributed by atoms with Gasteiger partial charge >= 0.3 is 11.9 Å². The van der Waals surface area contributed by atoms with Crippen LogP contribution in [0.2, 0.25) is 5.02 Å². The Morgan fingerprint density at radius 1 is 1.25 bits per heavy atom. The molecule has 20 heavy (non-hydrogen) atoms. The van der Waals surface area contributed by atoms with E-state index in [2.05, 4.69) is 0 Å². The van der Waals surface area contributed by atoms with Gasteiger partial charge in [-0.15, -0.1) is 0 Å². The van der Waals surface area contributed by atoms with Gasteiger partial charge < -0.3 is 19.7 Å². The summed E-state index contributed by atoms with van der Waals surface area (Å²) in [5.41, 5.74) is 0.160. The number of carbonyl (C=O) groups is 3. The number of carbonyl (C=O) groups excluding carboxylic acids is 1. The molecule has 0 aromatic carbocycles. The molecule has 0 atom stereocenters. The van der Waals surface area contributed by atoms with E-state index < -0.39 is 30.9 Å². The van der Waals surface area contributed by atoms with Gasteiger partial charge in [0.15, 0.2) is 0 Å². The first-order chi connectivity index (χ1) is 9.22. The fourth-order valence-electron chi connectivity index (χ4n) is 1.73. The maximum atomic E-state index is 12.3. The molecule has 0 aliphatic rings. The molecule has 0 spiro atoms. The van der Waals surface area contributed by atoms with E-state index in [1.807, 2.05) is 13.8 Å². The smallest absolute Gasteiger partial charge is 0.323 e. The SMILES string of the molecule is CC(C)n1cc(Cl)cc1C(=O)N(CC(=O)O)CC(=O)O. The minimum absolute atomic E-state index is 0.0713. The minimum atomic E-state index is -1.28. The molecule has 0 saturated carbocycles. The van der Waals surface area contributed by atoms with Crippen LogP contribution < -0.4 is 0 Å². The number of carboxylic acids is 2. The van der Waals surface area contributed by atoms with Gasteiger partial charge in [-0.2, -0.15) is 0 Å². The largest absolute Gasteiger partial charge is 0.480 e. The molecule has 0 bridgehead atoms. The number of hydrogen-bond acceptors (Lipinski definition) is 3. The van der Waals surface area contributed by atoms with Gasteiger partial charge in [0.25, 0.3) is 5.91 Å². The van der Waals surface area contributed by atoms with Gasteiger partial charge in [-0.1, -0.05) is 11.6 Å². The van der Waals surface area contributed by atoms with Crippen LogP contribution in [0.15, 0.2) is 12.3 Å². The highest BCUT2D eigenvalue weighted by Gasteiger charge is 2.24. The van der Waals surface area contributed by atoms with Gasteiger partial charge in [0.2, 0.25) is 0 Å². The van der Waals surface area contributed by atoms with Crippen LogP contribution in [0.25, 0.3) is 0 Å². The first-order valence-corrected chi connectivity index (χ1v) is 6.20. The summed E-state index contributed by atoms with van der Waals surface area (Å²) in [6, 6.07) is 1.32. The molecule has 1 heterocycles. The van der Waals surface area contributed by atoms with Crippen LogP contribution in [-0.4, -0.2) is 50.6 Å². The number of aliphatic carboxylic acids is 2. The number of nitrogens with zero attached hydrogens (tertiary/aromatic N) is 2. The second-order valence-corrected chi connectivity index (χ2v) is 4.93. The van der Waals surface area contributed by atoms with Gasteiger partial charge in [-0.3, -0.25) is 14.4 Å². The van der Waals surface area contributed by atoms with Crippen LogP contribution in [0.1, 0.15) is 30.4 Å². The summed E-state index contributed by atoms with van der Waals surface area (Å²) in [6.45, 7) is 2.27. The van der Waals surface area contributed by atoms with Crippen LogP contribution in [-0.2, 0) is 9.59 Å². The van der Waals surface area contributed by atoms with Crippen molar-refractivity contribution in [2.45, 2.75) is 19.9 Å². The van der Waals surface area contributed by atoms with Crippen molar-refractivity contribution < 1.29 is 24.6 Å². The Labute approximate surface area is 120 Å². The zero-order valence-corrected chi connectivity index (χ0v) is 11.8. The number of carboxylic acid groups (broad SMARTS) is 2. The predicted molar refractivity (Wildman–Crippen MR) is 71.0 cm³/mol. The Morgan fingerprint density at radius 2 is 1.75 bits per heavy atom. The molecule has 0 fully saturated rings.